The van der Waals surface area contributed by atoms with E-state index < -0.39 is 0 Å². The molecule has 3 aromatic carbocycles. The Labute approximate surface area is 145 Å². The third-order valence-corrected chi connectivity index (χ3v) is 4.20. The second-order valence-electron chi connectivity index (χ2n) is 5.83. The Balaban J connectivity index is 1.67. The van der Waals surface area contributed by atoms with Gasteiger partial charge < -0.3 is 9.47 Å². The highest BCUT2D eigenvalue weighted by Crippen LogP contribution is 2.29. The van der Waals surface area contributed by atoms with Crippen molar-refractivity contribution >= 4 is 28.6 Å². The van der Waals surface area contributed by atoms with E-state index in [2.05, 4.69) is 6.07 Å². The third-order valence-electron chi connectivity index (χ3n) is 4.20. The molecule has 0 fully saturated rings. The average molecular weight is 328 g/mol. The minimum absolute atomic E-state index is 0.334. The van der Waals surface area contributed by atoms with Crippen LogP contribution in [0.5, 0.6) is 5.75 Å². The highest BCUT2D eigenvalue weighted by molar-refractivity contribution is 6.05. The molecule has 4 rings (SSSR count). The molecular formula is C22H16O3. The molecular weight excluding hydrogens is 312 g/mol. The molecule has 122 valence electrons. The number of esters is 1. The number of rotatable bonds is 3. The Hall–Kier alpha value is -3.33. The van der Waals surface area contributed by atoms with Gasteiger partial charge in [-0.3, -0.25) is 0 Å². The van der Waals surface area contributed by atoms with Crippen LogP contribution in [0, 0.1) is 0 Å². The Kier molecular flexibility index (Phi) is 3.82. The Bertz CT molecular complexity index is 1010. The van der Waals surface area contributed by atoms with Gasteiger partial charge in [0.05, 0.1) is 12.7 Å². The second kappa shape index (κ2) is 6.29. The number of hydrogen-bond acceptors (Lipinski definition) is 3. The first-order valence-electron chi connectivity index (χ1n) is 8.02. The van der Waals surface area contributed by atoms with E-state index in [1.165, 1.54) is 0 Å². The molecule has 25 heavy (non-hydrogen) atoms. The highest BCUT2D eigenvalue weighted by atomic mass is 16.5. The summed E-state index contributed by atoms with van der Waals surface area (Å²) in [4.78, 5) is 12.2. The van der Waals surface area contributed by atoms with Crippen LogP contribution in [0.2, 0.25) is 0 Å². The van der Waals surface area contributed by atoms with E-state index in [-0.39, 0.29) is 5.97 Å². The minimum Gasteiger partial charge on any atom is -0.497 e. The smallest absolute Gasteiger partial charge is 0.343 e. The van der Waals surface area contributed by atoms with Gasteiger partial charge in [0.2, 0.25) is 0 Å². The van der Waals surface area contributed by atoms with Gasteiger partial charge >= 0.3 is 5.97 Å². The number of fused-ring (bicyclic) bond motifs is 1. The maximum atomic E-state index is 12.2. The van der Waals surface area contributed by atoms with Crippen LogP contribution in [0.25, 0.3) is 22.6 Å². The van der Waals surface area contributed by atoms with E-state index in [0.29, 0.717) is 11.3 Å². The molecule has 1 aliphatic heterocycles. The van der Waals surface area contributed by atoms with Crippen molar-refractivity contribution in [3.8, 4) is 5.75 Å². The zero-order valence-corrected chi connectivity index (χ0v) is 13.7. The van der Waals surface area contributed by atoms with Crippen molar-refractivity contribution in [2.45, 2.75) is 0 Å². The maximum absolute atomic E-state index is 12.2. The Morgan fingerprint density at radius 3 is 2.44 bits per heavy atom. The van der Waals surface area contributed by atoms with Crippen molar-refractivity contribution in [1.82, 2.24) is 0 Å². The van der Waals surface area contributed by atoms with E-state index in [0.717, 1.165) is 27.6 Å². The van der Waals surface area contributed by atoms with Gasteiger partial charge in [-0.2, -0.15) is 0 Å². The third kappa shape index (κ3) is 3.04. The SMILES string of the molecule is COc1ccc(/C=C2/C=C(c3ccc4ccccc4c3)OC2=O)cc1. The molecule has 3 nitrogen and oxygen atoms in total. The van der Waals surface area contributed by atoms with Crippen molar-refractivity contribution in [3.63, 3.8) is 0 Å². The number of carbonyl (C=O) groups excluding carboxylic acids is 1. The highest BCUT2D eigenvalue weighted by Gasteiger charge is 2.22. The van der Waals surface area contributed by atoms with Crippen molar-refractivity contribution in [1.29, 1.82) is 0 Å². The normalized spacial score (nSPS) is 15.3. The summed E-state index contributed by atoms with van der Waals surface area (Å²) in [5.41, 5.74) is 2.35. The number of cyclic esters (lactones) is 1. The molecule has 0 atom stereocenters. The van der Waals surface area contributed by atoms with Crippen LogP contribution in [0.15, 0.2) is 78.4 Å². The van der Waals surface area contributed by atoms with Gasteiger partial charge in [-0.1, -0.05) is 48.5 Å². The van der Waals surface area contributed by atoms with Gasteiger partial charge in [-0.25, -0.2) is 4.79 Å². The van der Waals surface area contributed by atoms with Gasteiger partial charge in [-0.15, -0.1) is 0 Å². The molecule has 0 N–H and O–H groups in total. The first-order chi connectivity index (χ1) is 12.2. The average Bonchev–Trinajstić information content (AvgIpc) is 3.02. The van der Waals surface area contributed by atoms with Gasteiger partial charge in [0.25, 0.3) is 0 Å². The molecule has 3 heteroatoms. The molecule has 0 amide bonds. The number of ether oxygens (including phenoxy) is 2. The fourth-order valence-corrected chi connectivity index (χ4v) is 2.85. The zero-order valence-electron chi connectivity index (χ0n) is 13.7. The monoisotopic (exact) mass is 328 g/mol. The lowest BCUT2D eigenvalue weighted by Gasteiger charge is -2.04. The molecule has 0 spiro atoms. The first kappa shape index (κ1) is 15.2. The summed E-state index contributed by atoms with van der Waals surface area (Å²) in [6.45, 7) is 0. The summed E-state index contributed by atoms with van der Waals surface area (Å²) >= 11 is 0. The van der Waals surface area contributed by atoms with Crippen LogP contribution >= 0.6 is 0 Å². The van der Waals surface area contributed by atoms with Crippen molar-refractivity contribution in [3.05, 3.63) is 89.5 Å². The van der Waals surface area contributed by atoms with Crippen molar-refractivity contribution < 1.29 is 14.3 Å². The number of carbonyl (C=O) groups is 1. The van der Waals surface area contributed by atoms with Crippen LogP contribution in [-0.2, 0) is 9.53 Å². The molecule has 1 aliphatic rings. The molecule has 0 saturated heterocycles. The predicted molar refractivity (Wildman–Crippen MR) is 99.0 cm³/mol. The van der Waals surface area contributed by atoms with Crippen LogP contribution < -0.4 is 4.74 Å². The minimum atomic E-state index is -0.334. The fraction of sp³-hybridized carbons (Fsp3) is 0.0455. The van der Waals surface area contributed by atoms with Crippen LogP contribution in [0.4, 0.5) is 0 Å². The number of benzene rings is 3. The van der Waals surface area contributed by atoms with Crippen LogP contribution in [0.1, 0.15) is 11.1 Å². The maximum Gasteiger partial charge on any atom is 0.343 e. The van der Waals surface area contributed by atoms with Gasteiger partial charge in [0.1, 0.15) is 11.5 Å². The summed E-state index contributed by atoms with van der Waals surface area (Å²) in [7, 11) is 1.63. The second-order valence-corrected chi connectivity index (χ2v) is 5.83. The van der Waals surface area contributed by atoms with Gasteiger partial charge in [-0.05, 0) is 46.7 Å². The zero-order chi connectivity index (χ0) is 17.2. The van der Waals surface area contributed by atoms with Crippen molar-refractivity contribution in [2.75, 3.05) is 7.11 Å². The Morgan fingerprint density at radius 1 is 0.920 bits per heavy atom. The topological polar surface area (TPSA) is 35.5 Å². The molecule has 0 unspecified atom stereocenters. The van der Waals surface area contributed by atoms with Gasteiger partial charge in [0.15, 0.2) is 0 Å². The molecule has 0 saturated carbocycles. The molecule has 1 heterocycles. The summed E-state index contributed by atoms with van der Waals surface area (Å²) in [6.07, 6.45) is 3.60. The summed E-state index contributed by atoms with van der Waals surface area (Å²) < 4.78 is 10.6. The summed E-state index contributed by atoms with van der Waals surface area (Å²) in [5.74, 6) is 1.03. The molecule has 0 aliphatic carbocycles. The van der Waals surface area contributed by atoms with Crippen molar-refractivity contribution in [2.24, 2.45) is 0 Å². The van der Waals surface area contributed by atoms with E-state index >= 15 is 0 Å². The predicted octanol–water partition coefficient (Wildman–Crippen LogP) is 4.83. The quantitative estimate of drug-likeness (QED) is 0.510. The van der Waals surface area contributed by atoms with E-state index in [1.807, 2.05) is 66.7 Å². The first-order valence-corrected chi connectivity index (χ1v) is 8.02. The van der Waals surface area contributed by atoms with E-state index in [1.54, 1.807) is 13.2 Å². The Morgan fingerprint density at radius 2 is 1.68 bits per heavy atom. The lowest BCUT2D eigenvalue weighted by molar-refractivity contribution is -0.130. The lowest BCUT2D eigenvalue weighted by Crippen LogP contribution is -1.97. The summed E-state index contributed by atoms with van der Waals surface area (Å²) in [6, 6.07) is 21.7. The fourth-order valence-electron chi connectivity index (χ4n) is 2.85. The number of hydrogen-bond donors (Lipinski definition) is 0. The largest absolute Gasteiger partial charge is 0.497 e. The summed E-state index contributed by atoms with van der Waals surface area (Å²) in [5, 5.41) is 2.27. The van der Waals surface area contributed by atoms with E-state index in [4.69, 9.17) is 9.47 Å². The molecule has 0 bridgehead atoms. The molecule has 3 aromatic rings. The molecule has 0 aromatic heterocycles. The lowest BCUT2D eigenvalue weighted by atomic mass is 10.1. The van der Waals surface area contributed by atoms with Gasteiger partial charge in [0, 0.05) is 5.56 Å². The molecule has 0 radical (unpaired) electrons. The number of methoxy groups -OCH3 is 1. The van der Waals surface area contributed by atoms with Crippen LogP contribution in [0.3, 0.4) is 0 Å². The van der Waals surface area contributed by atoms with Crippen LogP contribution in [-0.4, -0.2) is 13.1 Å². The standard InChI is InChI=1S/C22H16O3/c1-24-20-10-6-15(7-11-20)12-19-14-21(25-22(19)23)18-9-8-16-4-2-3-5-17(16)13-18/h2-14H,1H3/b19-12-. The van der Waals surface area contributed by atoms with E-state index in [9.17, 15) is 4.79 Å².